The van der Waals surface area contributed by atoms with Crippen LogP contribution in [0.2, 0.25) is 0 Å². The lowest BCUT2D eigenvalue weighted by atomic mass is 10.1. The molecular formula is C14H14F2N2O2. The van der Waals surface area contributed by atoms with E-state index in [0.29, 0.717) is 5.69 Å². The highest BCUT2D eigenvalue weighted by Crippen LogP contribution is 2.19. The first-order valence-corrected chi connectivity index (χ1v) is 6.09. The maximum absolute atomic E-state index is 13.4. The van der Waals surface area contributed by atoms with E-state index in [9.17, 15) is 18.7 Å². The molecule has 0 saturated heterocycles. The lowest BCUT2D eigenvalue weighted by Crippen LogP contribution is -2.30. The summed E-state index contributed by atoms with van der Waals surface area (Å²) in [6.07, 6.45) is 0.370. The molecule has 0 bridgehead atoms. The number of aliphatic hydroxyl groups is 1. The molecule has 0 saturated carbocycles. The zero-order valence-corrected chi connectivity index (χ0v) is 10.6. The number of rotatable bonds is 5. The highest BCUT2D eigenvalue weighted by molar-refractivity contribution is 5.78. The molecule has 2 rings (SSSR count). The predicted octanol–water partition coefficient (Wildman–Crippen LogP) is 1.69. The Morgan fingerprint density at radius 1 is 1.25 bits per heavy atom. The van der Waals surface area contributed by atoms with Gasteiger partial charge in [0.1, 0.15) is 17.7 Å². The van der Waals surface area contributed by atoms with Crippen LogP contribution in [-0.4, -0.2) is 22.5 Å². The van der Waals surface area contributed by atoms with Gasteiger partial charge in [0.2, 0.25) is 5.91 Å². The van der Waals surface area contributed by atoms with Gasteiger partial charge in [0.25, 0.3) is 0 Å². The number of benzene rings is 1. The number of carbonyl (C=O) groups excluding carboxylic acids is 1. The van der Waals surface area contributed by atoms with Gasteiger partial charge in [-0.2, -0.15) is 0 Å². The second-order valence-corrected chi connectivity index (χ2v) is 4.33. The number of aliphatic hydroxyl groups excluding tert-OH is 1. The number of H-pyrrole nitrogens is 1. The highest BCUT2D eigenvalue weighted by Gasteiger charge is 2.18. The first-order chi connectivity index (χ1) is 9.58. The van der Waals surface area contributed by atoms with Crippen molar-refractivity contribution in [3.8, 4) is 0 Å². The molecule has 0 spiro atoms. The van der Waals surface area contributed by atoms with Crippen molar-refractivity contribution in [1.82, 2.24) is 10.3 Å². The fraction of sp³-hybridized carbons (Fsp3) is 0.214. The number of hydrogen-bond acceptors (Lipinski definition) is 2. The molecule has 0 fully saturated rings. The summed E-state index contributed by atoms with van der Waals surface area (Å²) in [6.45, 7) is -0.253. The molecule has 20 heavy (non-hydrogen) atoms. The first kappa shape index (κ1) is 14.2. The van der Waals surface area contributed by atoms with E-state index in [4.69, 9.17) is 0 Å². The summed E-state index contributed by atoms with van der Waals surface area (Å²) >= 11 is 0. The fourth-order valence-electron chi connectivity index (χ4n) is 1.85. The van der Waals surface area contributed by atoms with Gasteiger partial charge in [0.15, 0.2) is 0 Å². The second kappa shape index (κ2) is 6.29. The third-order valence-corrected chi connectivity index (χ3v) is 2.84. The fourth-order valence-corrected chi connectivity index (χ4v) is 1.85. The van der Waals surface area contributed by atoms with Crippen LogP contribution < -0.4 is 5.32 Å². The molecule has 0 aliphatic carbocycles. The van der Waals surface area contributed by atoms with Crippen molar-refractivity contribution in [3.63, 3.8) is 0 Å². The molecule has 1 heterocycles. The van der Waals surface area contributed by atoms with Crippen molar-refractivity contribution in [2.24, 2.45) is 0 Å². The van der Waals surface area contributed by atoms with Crippen LogP contribution >= 0.6 is 0 Å². The molecule has 0 aliphatic heterocycles. The lowest BCUT2D eigenvalue weighted by molar-refractivity contribution is -0.121. The van der Waals surface area contributed by atoms with E-state index in [1.807, 2.05) is 0 Å². The van der Waals surface area contributed by atoms with Gasteiger partial charge in [-0.05, 0) is 24.3 Å². The van der Waals surface area contributed by atoms with Crippen molar-refractivity contribution in [1.29, 1.82) is 0 Å². The number of aromatic amines is 1. The number of aromatic nitrogens is 1. The Kier molecular flexibility index (Phi) is 4.47. The monoisotopic (exact) mass is 280 g/mol. The molecule has 0 radical (unpaired) electrons. The number of amides is 1. The minimum atomic E-state index is -1.43. The molecule has 3 N–H and O–H groups in total. The van der Waals surface area contributed by atoms with Gasteiger partial charge in [0.05, 0.1) is 12.0 Å². The number of halogens is 2. The van der Waals surface area contributed by atoms with Crippen LogP contribution in [0.5, 0.6) is 0 Å². The van der Waals surface area contributed by atoms with Crippen LogP contribution in [-0.2, 0) is 11.2 Å². The van der Waals surface area contributed by atoms with Gasteiger partial charge in [0, 0.05) is 18.4 Å². The van der Waals surface area contributed by atoms with Gasteiger partial charge in [-0.25, -0.2) is 8.78 Å². The minimum absolute atomic E-state index is 0.111. The summed E-state index contributed by atoms with van der Waals surface area (Å²) in [6, 6.07) is 6.83. The molecule has 0 aliphatic rings. The molecule has 4 nitrogen and oxygen atoms in total. The second-order valence-electron chi connectivity index (χ2n) is 4.33. The van der Waals surface area contributed by atoms with Gasteiger partial charge in [-0.15, -0.1) is 0 Å². The van der Waals surface area contributed by atoms with E-state index in [1.54, 1.807) is 18.3 Å². The van der Waals surface area contributed by atoms with Gasteiger partial charge >= 0.3 is 0 Å². The maximum atomic E-state index is 13.4. The van der Waals surface area contributed by atoms with E-state index in [-0.39, 0.29) is 18.9 Å². The van der Waals surface area contributed by atoms with Crippen LogP contribution in [0.1, 0.15) is 17.4 Å². The zero-order chi connectivity index (χ0) is 14.5. The summed E-state index contributed by atoms with van der Waals surface area (Å²) in [5, 5.41) is 12.2. The lowest BCUT2D eigenvalue weighted by Gasteiger charge is -2.13. The highest BCUT2D eigenvalue weighted by atomic mass is 19.1. The van der Waals surface area contributed by atoms with Gasteiger partial charge in [-0.1, -0.05) is 6.07 Å². The molecule has 1 aromatic carbocycles. The topological polar surface area (TPSA) is 65.1 Å². The standard InChI is InChI=1S/C14H14F2N2O2/c15-10-4-1-5-11(16)14(10)12(19)8-18-13(20)7-9-3-2-6-17-9/h1-6,12,17,19H,7-8H2,(H,18,20). The summed E-state index contributed by atoms with van der Waals surface area (Å²) in [7, 11) is 0. The summed E-state index contributed by atoms with van der Waals surface area (Å²) in [5.74, 6) is -2.02. The third-order valence-electron chi connectivity index (χ3n) is 2.84. The summed E-state index contributed by atoms with van der Waals surface area (Å²) < 4.78 is 26.8. The Morgan fingerprint density at radius 2 is 1.95 bits per heavy atom. The van der Waals surface area contributed by atoms with Crippen LogP contribution in [0.4, 0.5) is 8.78 Å². The van der Waals surface area contributed by atoms with E-state index in [2.05, 4.69) is 10.3 Å². The largest absolute Gasteiger partial charge is 0.386 e. The summed E-state index contributed by atoms with van der Waals surface area (Å²) in [4.78, 5) is 14.4. The molecule has 2 aromatic rings. The van der Waals surface area contributed by atoms with Crippen molar-refractivity contribution in [2.75, 3.05) is 6.54 Å². The number of hydrogen-bond donors (Lipinski definition) is 3. The molecular weight excluding hydrogens is 266 g/mol. The van der Waals surface area contributed by atoms with Crippen LogP contribution in [0.15, 0.2) is 36.5 Å². The Bertz CT molecular complexity index is 565. The Hall–Kier alpha value is -2.21. The van der Waals surface area contributed by atoms with Gasteiger partial charge in [-0.3, -0.25) is 4.79 Å². The van der Waals surface area contributed by atoms with Crippen molar-refractivity contribution in [3.05, 3.63) is 59.4 Å². The molecule has 6 heteroatoms. The van der Waals surface area contributed by atoms with Crippen molar-refractivity contribution < 1.29 is 18.7 Å². The van der Waals surface area contributed by atoms with E-state index in [0.717, 1.165) is 12.1 Å². The smallest absolute Gasteiger partial charge is 0.226 e. The van der Waals surface area contributed by atoms with E-state index < -0.39 is 23.3 Å². The van der Waals surface area contributed by atoms with Crippen molar-refractivity contribution >= 4 is 5.91 Å². The van der Waals surface area contributed by atoms with Gasteiger partial charge < -0.3 is 15.4 Å². The number of carbonyl (C=O) groups is 1. The Morgan fingerprint density at radius 3 is 2.55 bits per heavy atom. The summed E-state index contributed by atoms with van der Waals surface area (Å²) in [5.41, 5.74) is 0.279. The predicted molar refractivity (Wildman–Crippen MR) is 68.8 cm³/mol. The maximum Gasteiger partial charge on any atom is 0.226 e. The zero-order valence-electron chi connectivity index (χ0n) is 10.6. The SMILES string of the molecule is O=C(Cc1ccc[nH]1)NCC(O)c1c(F)cccc1F. The molecule has 106 valence electrons. The molecule has 1 amide bonds. The van der Waals surface area contributed by atoms with E-state index >= 15 is 0 Å². The molecule has 1 unspecified atom stereocenters. The van der Waals surface area contributed by atoms with Crippen LogP contribution in [0, 0.1) is 11.6 Å². The molecule has 1 aromatic heterocycles. The average Bonchev–Trinajstić information content (AvgIpc) is 2.89. The quantitative estimate of drug-likeness (QED) is 0.780. The molecule has 1 atom stereocenters. The first-order valence-electron chi connectivity index (χ1n) is 6.09. The third kappa shape index (κ3) is 3.42. The van der Waals surface area contributed by atoms with Crippen molar-refractivity contribution in [2.45, 2.75) is 12.5 Å². The van der Waals surface area contributed by atoms with E-state index in [1.165, 1.54) is 6.07 Å². The average molecular weight is 280 g/mol. The van der Waals surface area contributed by atoms with Crippen LogP contribution in [0.25, 0.3) is 0 Å². The normalized spacial score (nSPS) is 12.2. The Balaban J connectivity index is 1.92. The minimum Gasteiger partial charge on any atom is -0.386 e. The number of nitrogens with one attached hydrogen (secondary N) is 2. The Labute approximate surface area is 114 Å². The van der Waals surface area contributed by atoms with Crippen LogP contribution in [0.3, 0.4) is 0 Å².